The lowest BCUT2D eigenvalue weighted by molar-refractivity contribution is 0.669. The molecule has 3 nitrogen and oxygen atoms in total. The Balaban J connectivity index is 1.13. The van der Waals surface area contributed by atoms with Crippen molar-refractivity contribution in [2.24, 2.45) is 0 Å². The van der Waals surface area contributed by atoms with Crippen LogP contribution >= 0.6 is 0 Å². The normalized spacial score (nSPS) is 11.6. The quantitative estimate of drug-likeness (QED) is 0.161. The average Bonchev–Trinajstić information content (AvgIpc) is 3.91. The number of rotatable bonds is 7. The van der Waals surface area contributed by atoms with Gasteiger partial charge in [-0.15, -0.1) is 0 Å². The van der Waals surface area contributed by atoms with Crippen molar-refractivity contribution in [3.05, 3.63) is 224 Å². The standard InChI is InChI=1S/C58H37NO2/c1-5-15-38(16-6-1)42-25-28-49-50-30-27-44(37-56(50)60-54(49)35-42)59(52-33-31-45(40-19-9-3-10-20-40)47-23-13-14-24-48(47)52)53-34-32-46(41-21-11-4-12-22-41)58-57(53)51-29-26-43(36-55(51)61-58)39-17-7-2-8-18-39/h1-37H. The van der Waals surface area contributed by atoms with E-state index in [9.17, 15) is 0 Å². The van der Waals surface area contributed by atoms with Gasteiger partial charge in [0.1, 0.15) is 22.3 Å². The Bertz CT molecular complexity index is 3570. The van der Waals surface area contributed by atoms with Crippen molar-refractivity contribution in [1.82, 2.24) is 0 Å². The minimum absolute atomic E-state index is 0.828. The molecule has 12 rings (SSSR count). The van der Waals surface area contributed by atoms with Crippen LogP contribution in [0, 0.1) is 0 Å². The molecule has 0 atom stereocenters. The second-order valence-electron chi connectivity index (χ2n) is 15.6. The van der Waals surface area contributed by atoms with Crippen LogP contribution in [0.3, 0.4) is 0 Å². The van der Waals surface area contributed by atoms with Crippen LogP contribution in [0.2, 0.25) is 0 Å². The summed E-state index contributed by atoms with van der Waals surface area (Å²) in [5, 5.41) is 6.58. The highest BCUT2D eigenvalue weighted by atomic mass is 16.3. The summed E-state index contributed by atoms with van der Waals surface area (Å²) in [4.78, 5) is 2.40. The summed E-state index contributed by atoms with van der Waals surface area (Å²) >= 11 is 0. The molecule has 12 aromatic rings. The third kappa shape index (κ3) is 5.90. The molecular formula is C58H37NO2. The van der Waals surface area contributed by atoms with Gasteiger partial charge in [0, 0.05) is 38.9 Å². The molecule has 0 aliphatic rings. The lowest BCUT2D eigenvalue weighted by Gasteiger charge is -2.28. The lowest BCUT2D eigenvalue weighted by Crippen LogP contribution is -2.11. The highest BCUT2D eigenvalue weighted by molar-refractivity contribution is 6.19. The van der Waals surface area contributed by atoms with Gasteiger partial charge < -0.3 is 13.7 Å². The monoisotopic (exact) mass is 779 g/mol. The molecule has 0 spiro atoms. The molecule has 10 aromatic carbocycles. The number of hydrogen-bond donors (Lipinski definition) is 0. The molecule has 0 radical (unpaired) electrons. The lowest BCUT2D eigenvalue weighted by atomic mass is 9.95. The van der Waals surface area contributed by atoms with Crippen molar-refractivity contribution in [2.45, 2.75) is 0 Å². The number of furan rings is 2. The van der Waals surface area contributed by atoms with E-state index in [0.29, 0.717) is 0 Å². The van der Waals surface area contributed by atoms with E-state index in [-0.39, 0.29) is 0 Å². The number of anilines is 3. The molecule has 0 unspecified atom stereocenters. The van der Waals surface area contributed by atoms with E-state index in [2.05, 4.69) is 223 Å². The van der Waals surface area contributed by atoms with Crippen molar-refractivity contribution in [3.8, 4) is 44.5 Å². The molecule has 0 bridgehead atoms. The Morgan fingerprint density at radius 3 is 1.39 bits per heavy atom. The van der Waals surface area contributed by atoms with Crippen molar-refractivity contribution in [3.63, 3.8) is 0 Å². The van der Waals surface area contributed by atoms with Crippen LogP contribution in [0.25, 0.3) is 99.2 Å². The van der Waals surface area contributed by atoms with E-state index in [1.165, 1.54) is 16.5 Å². The molecule has 3 heteroatoms. The summed E-state index contributed by atoms with van der Waals surface area (Å²) in [5.74, 6) is 0. The highest BCUT2D eigenvalue weighted by Crippen LogP contribution is 2.49. The zero-order valence-corrected chi connectivity index (χ0v) is 33.1. The highest BCUT2D eigenvalue weighted by Gasteiger charge is 2.25. The molecule has 286 valence electrons. The average molecular weight is 780 g/mol. The predicted octanol–water partition coefficient (Wildman–Crippen LogP) is 16.8. The van der Waals surface area contributed by atoms with Gasteiger partial charge in [-0.3, -0.25) is 0 Å². The van der Waals surface area contributed by atoms with Crippen LogP contribution in [0.4, 0.5) is 17.1 Å². The van der Waals surface area contributed by atoms with Crippen LogP contribution in [-0.4, -0.2) is 0 Å². The maximum absolute atomic E-state index is 7.04. The molecule has 0 saturated heterocycles. The van der Waals surface area contributed by atoms with E-state index in [0.717, 1.165) is 99.7 Å². The molecular weight excluding hydrogens is 743 g/mol. The van der Waals surface area contributed by atoms with Gasteiger partial charge >= 0.3 is 0 Å². The van der Waals surface area contributed by atoms with Gasteiger partial charge in [0.25, 0.3) is 0 Å². The van der Waals surface area contributed by atoms with Crippen molar-refractivity contribution in [1.29, 1.82) is 0 Å². The molecule has 0 saturated carbocycles. The van der Waals surface area contributed by atoms with Gasteiger partial charge in [0.2, 0.25) is 0 Å². The third-order valence-corrected chi connectivity index (χ3v) is 12.1. The largest absolute Gasteiger partial charge is 0.456 e. The first-order valence-corrected chi connectivity index (χ1v) is 20.7. The van der Waals surface area contributed by atoms with Gasteiger partial charge in [-0.1, -0.05) is 164 Å². The Morgan fingerprint density at radius 2 is 0.754 bits per heavy atom. The van der Waals surface area contributed by atoms with Crippen LogP contribution in [0.15, 0.2) is 233 Å². The number of fused-ring (bicyclic) bond motifs is 7. The third-order valence-electron chi connectivity index (χ3n) is 12.1. The van der Waals surface area contributed by atoms with E-state index >= 15 is 0 Å². The smallest absolute Gasteiger partial charge is 0.145 e. The topological polar surface area (TPSA) is 29.5 Å². The summed E-state index contributed by atoms with van der Waals surface area (Å²) in [6.07, 6.45) is 0. The molecule has 0 aliphatic heterocycles. The zero-order valence-electron chi connectivity index (χ0n) is 33.1. The Morgan fingerprint density at radius 1 is 0.279 bits per heavy atom. The summed E-state index contributed by atoms with van der Waals surface area (Å²) < 4.78 is 13.8. The molecule has 0 N–H and O–H groups in total. The Kier molecular flexibility index (Phi) is 8.17. The van der Waals surface area contributed by atoms with Crippen LogP contribution < -0.4 is 4.90 Å². The van der Waals surface area contributed by atoms with Gasteiger partial charge in [-0.05, 0) is 98.9 Å². The Labute approximate surface area is 353 Å². The van der Waals surface area contributed by atoms with Crippen LogP contribution in [0.1, 0.15) is 0 Å². The van der Waals surface area contributed by atoms with Crippen LogP contribution in [0.5, 0.6) is 0 Å². The summed E-state index contributed by atoms with van der Waals surface area (Å²) in [6, 6.07) is 79.7. The summed E-state index contributed by atoms with van der Waals surface area (Å²) in [5.41, 5.74) is 15.5. The fourth-order valence-electron chi connectivity index (χ4n) is 9.17. The van der Waals surface area contributed by atoms with E-state index < -0.39 is 0 Å². The van der Waals surface area contributed by atoms with E-state index in [4.69, 9.17) is 8.83 Å². The second kappa shape index (κ2) is 14.3. The second-order valence-corrected chi connectivity index (χ2v) is 15.6. The van der Waals surface area contributed by atoms with Crippen LogP contribution in [-0.2, 0) is 0 Å². The molecule has 0 amide bonds. The summed E-state index contributed by atoms with van der Waals surface area (Å²) in [7, 11) is 0. The van der Waals surface area contributed by atoms with Gasteiger partial charge in [-0.25, -0.2) is 0 Å². The summed E-state index contributed by atoms with van der Waals surface area (Å²) in [6.45, 7) is 0. The predicted molar refractivity (Wildman–Crippen MR) is 255 cm³/mol. The van der Waals surface area contributed by atoms with E-state index in [1.807, 2.05) is 6.07 Å². The molecule has 0 aliphatic carbocycles. The molecule has 0 fully saturated rings. The molecule has 61 heavy (non-hydrogen) atoms. The van der Waals surface area contributed by atoms with E-state index in [1.54, 1.807) is 0 Å². The minimum atomic E-state index is 0.828. The maximum Gasteiger partial charge on any atom is 0.145 e. The Hall–Kier alpha value is -8.14. The first-order chi connectivity index (χ1) is 30.2. The SMILES string of the molecule is c1ccc(-c2ccc3c(c2)oc2cc(N(c4ccc(-c5ccccc5)c5ccccc45)c4ccc(-c5ccccc5)c5oc6cc(-c7ccccc7)ccc6c45)ccc23)cc1. The maximum atomic E-state index is 7.04. The van der Waals surface area contributed by atoms with Crippen molar-refractivity contribution >= 4 is 71.7 Å². The van der Waals surface area contributed by atoms with Gasteiger partial charge in [0.05, 0.1) is 16.8 Å². The molecule has 2 heterocycles. The number of hydrogen-bond acceptors (Lipinski definition) is 3. The first-order valence-electron chi connectivity index (χ1n) is 20.7. The van der Waals surface area contributed by atoms with Gasteiger partial charge in [-0.2, -0.15) is 0 Å². The van der Waals surface area contributed by atoms with Crippen molar-refractivity contribution < 1.29 is 8.83 Å². The molecule has 2 aromatic heterocycles. The minimum Gasteiger partial charge on any atom is -0.456 e. The number of nitrogens with zero attached hydrogens (tertiary/aromatic N) is 1. The van der Waals surface area contributed by atoms with Gasteiger partial charge in [0.15, 0.2) is 0 Å². The zero-order chi connectivity index (χ0) is 40.3. The number of benzene rings is 10. The fraction of sp³-hybridized carbons (Fsp3) is 0. The van der Waals surface area contributed by atoms with Crippen molar-refractivity contribution in [2.75, 3.05) is 4.90 Å². The fourth-order valence-corrected chi connectivity index (χ4v) is 9.17. The first kappa shape index (κ1) is 34.9.